The van der Waals surface area contributed by atoms with Crippen LogP contribution in [-0.4, -0.2) is 38.2 Å². The zero-order valence-electron chi connectivity index (χ0n) is 16.0. The van der Waals surface area contributed by atoms with E-state index in [9.17, 15) is 13.2 Å². The van der Waals surface area contributed by atoms with Crippen molar-refractivity contribution in [1.82, 2.24) is 10.2 Å². The van der Waals surface area contributed by atoms with Crippen molar-refractivity contribution in [2.24, 2.45) is 10.3 Å². The molecule has 0 aromatic heterocycles. The van der Waals surface area contributed by atoms with E-state index in [-0.39, 0.29) is 22.8 Å². The van der Waals surface area contributed by atoms with Gasteiger partial charge in [0.1, 0.15) is 4.90 Å². The molecule has 1 unspecified atom stereocenters. The number of carbonyl (C=O) groups excluding carboxylic acids is 1. The summed E-state index contributed by atoms with van der Waals surface area (Å²) in [5.41, 5.74) is 1.69. The Balaban J connectivity index is 1.40. The molecule has 8 heteroatoms. The van der Waals surface area contributed by atoms with Crippen LogP contribution in [0.1, 0.15) is 36.9 Å². The molecule has 2 aliphatic rings. The van der Waals surface area contributed by atoms with Crippen molar-refractivity contribution in [3.05, 3.63) is 64.1 Å². The predicted molar refractivity (Wildman–Crippen MR) is 115 cm³/mol. The van der Waals surface area contributed by atoms with Gasteiger partial charge in [0.15, 0.2) is 5.84 Å². The molecule has 2 aromatic rings. The molecule has 1 amide bonds. The second kappa shape index (κ2) is 7.91. The summed E-state index contributed by atoms with van der Waals surface area (Å²) >= 11 is 3.53. The Bertz CT molecular complexity index is 1080. The molecule has 29 heavy (non-hydrogen) atoms. The van der Waals surface area contributed by atoms with Crippen molar-refractivity contribution in [3.8, 4) is 0 Å². The second-order valence-corrected chi connectivity index (χ2v) is 9.83. The molecule has 2 heterocycles. The van der Waals surface area contributed by atoms with Crippen LogP contribution >= 0.6 is 15.9 Å². The lowest BCUT2D eigenvalue weighted by Crippen LogP contribution is -2.43. The Kier molecular flexibility index (Phi) is 5.48. The molecule has 0 saturated carbocycles. The zero-order chi connectivity index (χ0) is 20.6. The number of likely N-dealkylation sites (tertiary alicyclic amines) is 1. The van der Waals surface area contributed by atoms with Gasteiger partial charge in [0.2, 0.25) is 5.91 Å². The summed E-state index contributed by atoms with van der Waals surface area (Å²) in [6, 6.07) is 14.7. The lowest BCUT2D eigenvalue weighted by atomic mass is 9.94. The van der Waals surface area contributed by atoms with Crippen LogP contribution in [0.3, 0.4) is 0 Å². The first-order valence-corrected chi connectivity index (χ1v) is 11.8. The molecular weight excluding hydrogens is 454 g/mol. The molecule has 2 aromatic carbocycles. The van der Waals surface area contributed by atoms with Gasteiger partial charge >= 0.3 is 0 Å². The summed E-state index contributed by atoms with van der Waals surface area (Å²) in [6.45, 7) is 3.18. The van der Waals surface area contributed by atoms with Gasteiger partial charge in [-0.05, 0) is 43.5 Å². The van der Waals surface area contributed by atoms with Gasteiger partial charge < -0.3 is 10.2 Å². The van der Waals surface area contributed by atoms with Crippen LogP contribution in [0.25, 0.3) is 0 Å². The first kappa shape index (κ1) is 20.1. The van der Waals surface area contributed by atoms with E-state index >= 15 is 0 Å². The van der Waals surface area contributed by atoms with Gasteiger partial charge in [0.05, 0.1) is 6.04 Å². The average molecular weight is 476 g/mol. The lowest BCUT2D eigenvalue weighted by Gasteiger charge is -2.33. The molecule has 0 spiro atoms. The fraction of sp³-hybridized carbons (Fsp3) is 0.333. The number of carbonyl (C=O) groups is 1. The molecule has 4 rings (SSSR count). The van der Waals surface area contributed by atoms with Crippen molar-refractivity contribution in [3.63, 3.8) is 0 Å². The van der Waals surface area contributed by atoms with E-state index < -0.39 is 10.0 Å². The van der Waals surface area contributed by atoms with Gasteiger partial charge in [-0.3, -0.25) is 4.79 Å². The largest absolute Gasteiger partial charge is 0.355 e. The molecule has 1 atom stereocenters. The standard InChI is InChI=1S/C21H22BrN3O3S/c1-14(16-6-2-4-8-18(16)22)23-21(26)15-10-12-25(13-11-15)20-17-7-3-5-9-19(17)29(27,28)24-20/h2-9,14-15H,10-13H2,1H3,(H,23,26). The van der Waals surface area contributed by atoms with Crippen molar-refractivity contribution in [2.45, 2.75) is 30.7 Å². The van der Waals surface area contributed by atoms with Gasteiger partial charge in [-0.15, -0.1) is 4.40 Å². The lowest BCUT2D eigenvalue weighted by molar-refractivity contribution is -0.126. The summed E-state index contributed by atoms with van der Waals surface area (Å²) in [5, 5.41) is 3.11. The highest BCUT2D eigenvalue weighted by Gasteiger charge is 2.34. The number of nitrogens with one attached hydrogen (secondary N) is 1. The normalized spacial score (nSPS) is 19.4. The van der Waals surface area contributed by atoms with Crippen molar-refractivity contribution in [2.75, 3.05) is 13.1 Å². The molecule has 0 aliphatic carbocycles. The average Bonchev–Trinajstić information content (AvgIpc) is 3.00. The molecule has 1 fully saturated rings. The Morgan fingerprint density at radius 2 is 1.79 bits per heavy atom. The van der Waals surface area contributed by atoms with Crippen molar-refractivity contribution >= 4 is 37.7 Å². The summed E-state index contributed by atoms with van der Waals surface area (Å²) in [7, 11) is -3.62. The molecule has 1 saturated heterocycles. The number of nitrogens with zero attached hydrogens (tertiary/aromatic N) is 2. The van der Waals surface area contributed by atoms with Crippen LogP contribution in [0.4, 0.5) is 0 Å². The fourth-order valence-electron chi connectivity index (χ4n) is 3.91. The Morgan fingerprint density at radius 3 is 2.52 bits per heavy atom. The minimum absolute atomic E-state index is 0.0364. The first-order valence-electron chi connectivity index (χ1n) is 9.61. The van der Waals surface area contributed by atoms with E-state index in [1.54, 1.807) is 18.2 Å². The second-order valence-electron chi connectivity index (χ2n) is 7.40. The number of sulfonamides is 1. The Labute approximate surface area is 179 Å². The Morgan fingerprint density at radius 1 is 1.14 bits per heavy atom. The number of piperidine rings is 1. The Hall–Kier alpha value is -2.19. The quantitative estimate of drug-likeness (QED) is 0.736. The fourth-order valence-corrected chi connectivity index (χ4v) is 5.76. The highest BCUT2D eigenvalue weighted by atomic mass is 79.9. The molecule has 0 bridgehead atoms. The summed E-state index contributed by atoms with van der Waals surface area (Å²) < 4.78 is 29.5. The third kappa shape index (κ3) is 3.96. The van der Waals surface area contributed by atoms with E-state index in [2.05, 4.69) is 25.6 Å². The minimum Gasteiger partial charge on any atom is -0.355 e. The SMILES string of the molecule is CC(NC(=O)C1CCN(C2=NS(=O)(=O)c3ccccc32)CC1)c1ccccc1Br. The van der Waals surface area contributed by atoms with Crippen LogP contribution in [-0.2, 0) is 14.8 Å². The number of hydrogen-bond acceptors (Lipinski definition) is 4. The number of fused-ring (bicyclic) bond motifs is 1. The number of benzene rings is 2. The summed E-state index contributed by atoms with van der Waals surface area (Å²) in [6.07, 6.45) is 1.32. The highest BCUT2D eigenvalue weighted by molar-refractivity contribution is 9.10. The third-order valence-corrected chi connectivity index (χ3v) is 7.56. The molecule has 2 aliphatic heterocycles. The number of hydrogen-bond donors (Lipinski definition) is 1. The van der Waals surface area contributed by atoms with Crippen molar-refractivity contribution in [1.29, 1.82) is 0 Å². The van der Waals surface area contributed by atoms with Gasteiger partial charge in [0.25, 0.3) is 10.0 Å². The molecule has 152 valence electrons. The monoisotopic (exact) mass is 475 g/mol. The maximum Gasteiger partial charge on any atom is 0.285 e. The van der Waals surface area contributed by atoms with Crippen LogP contribution < -0.4 is 5.32 Å². The molecule has 0 radical (unpaired) electrons. The highest BCUT2D eigenvalue weighted by Crippen LogP contribution is 2.30. The molecule has 6 nitrogen and oxygen atoms in total. The van der Waals surface area contributed by atoms with E-state index in [0.29, 0.717) is 37.3 Å². The van der Waals surface area contributed by atoms with Gasteiger partial charge in [-0.2, -0.15) is 8.42 Å². The van der Waals surface area contributed by atoms with Crippen LogP contribution in [0, 0.1) is 5.92 Å². The first-order chi connectivity index (χ1) is 13.9. The summed E-state index contributed by atoms with van der Waals surface area (Å²) in [4.78, 5) is 15.0. The van der Waals surface area contributed by atoms with E-state index in [1.807, 2.05) is 42.2 Å². The van der Waals surface area contributed by atoms with Gasteiger partial charge in [-0.1, -0.05) is 46.3 Å². The maximum absolute atomic E-state index is 12.8. The van der Waals surface area contributed by atoms with Crippen LogP contribution in [0.15, 0.2) is 62.3 Å². The molecular formula is C21H22BrN3O3S. The number of halogens is 1. The van der Waals surface area contributed by atoms with Gasteiger partial charge in [-0.25, -0.2) is 0 Å². The number of amidine groups is 1. The van der Waals surface area contributed by atoms with E-state index in [0.717, 1.165) is 10.0 Å². The number of rotatable bonds is 3. The zero-order valence-corrected chi connectivity index (χ0v) is 18.4. The van der Waals surface area contributed by atoms with Crippen molar-refractivity contribution < 1.29 is 13.2 Å². The van der Waals surface area contributed by atoms with E-state index in [1.165, 1.54) is 0 Å². The smallest absolute Gasteiger partial charge is 0.285 e. The van der Waals surface area contributed by atoms with E-state index in [4.69, 9.17) is 0 Å². The third-order valence-electron chi connectivity index (χ3n) is 5.51. The minimum atomic E-state index is -3.62. The predicted octanol–water partition coefficient (Wildman–Crippen LogP) is 3.49. The maximum atomic E-state index is 12.8. The number of amides is 1. The molecule has 1 N–H and O–H groups in total. The van der Waals surface area contributed by atoms with Crippen LogP contribution in [0.5, 0.6) is 0 Å². The van der Waals surface area contributed by atoms with Gasteiger partial charge in [0, 0.05) is 29.0 Å². The van der Waals surface area contributed by atoms with Crippen LogP contribution in [0.2, 0.25) is 0 Å². The topological polar surface area (TPSA) is 78.8 Å². The summed E-state index contributed by atoms with van der Waals surface area (Å²) in [5.74, 6) is 0.445.